The van der Waals surface area contributed by atoms with E-state index in [1.54, 1.807) is 23.5 Å². The van der Waals surface area contributed by atoms with E-state index in [4.69, 9.17) is 4.74 Å². The zero-order chi connectivity index (χ0) is 18.4. The molecule has 1 fully saturated rings. The Bertz CT molecular complexity index is 739. The van der Waals surface area contributed by atoms with Crippen molar-refractivity contribution in [1.29, 1.82) is 0 Å². The van der Waals surface area contributed by atoms with E-state index in [0.717, 1.165) is 5.69 Å². The second-order valence-electron chi connectivity index (χ2n) is 6.33. The molecule has 2 aromatic rings. The monoisotopic (exact) mass is 354 g/mol. The first-order valence-corrected chi connectivity index (χ1v) is 8.59. The quantitative estimate of drug-likeness (QED) is 0.844. The zero-order valence-corrected chi connectivity index (χ0v) is 14.7. The Morgan fingerprint density at radius 2 is 2.12 bits per heavy atom. The number of nitrogens with zero attached hydrogens (tertiary/aromatic N) is 3. The van der Waals surface area contributed by atoms with Gasteiger partial charge in [-0.3, -0.25) is 19.6 Å². The molecule has 0 saturated carbocycles. The van der Waals surface area contributed by atoms with Gasteiger partial charge in [0.2, 0.25) is 11.8 Å². The maximum absolute atomic E-state index is 12.4. The van der Waals surface area contributed by atoms with Crippen LogP contribution in [0, 0.1) is 5.92 Å². The van der Waals surface area contributed by atoms with Crippen molar-refractivity contribution < 1.29 is 14.3 Å². The average molecular weight is 354 g/mol. The third-order valence-electron chi connectivity index (χ3n) is 4.45. The molecule has 7 heteroatoms. The maximum atomic E-state index is 12.4. The summed E-state index contributed by atoms with van der Waals surface area (Å²) in [6, 6.07) is 9.48. The molecule has 7 nitrogen and oxygen atoms in total. The lowest BCUT2D eigenvalue weighted by Crippen LogP contribution is -2.38. The highest BCUT2D eigenvalue weighted by atomic mass is 16.5. The molecule has 136 valence electrons. The summed E-state index contributed by atoms with van der Waals surface area (Å²) in [5.41, 5.74) is 0.946. The summed E-state index contributed by atoms with van der Waals surface area (Å²) < 4.78 is 5.87. The number of amides is 2. The number of rotatable bonds is 6. The standard InChI is InChI=1S/C19H22N4O3/c1-14(24)22-10-19(25)23-11-15(13-26-16-5-4-7-20-9-16)17(12-23)18-6-2-3-8-21-18/h2-9,15,17H,10-13H2,1H3,(H,22,24). The first-order valence-electron chi connectivity index (χ1n) is 8.59. The van der Waals surface area contributed by atoms with Crippen molar-refractivity contribution in [1.82, 2.24) is 20.2 Å². The van der Waals surface area contributed by atoms with E-state index < -0.39 is 0 Å². The minimum Gasteiger partial charge on any atom is -0.492 e. The van der Waals surface area contributed by atoms with Crippen LogP contribution in [-0.4, -0.2) is 52.9 Å². The molecule has 2 unspecified atom stereocenters. The van der Waals surface area contributed by atoms with Gasteiger partial charge in [-0.1, -0.05) is 6.07 Å². The van der Waals surface area contributed by atoms with Gasteiger partial charge in [-0.25, -0.2) is 0 Å². The predicted molar refractivity (Wildman–Crippen MR) is 95.5 cm³/mol. The van der Waals surface area contributed by atoms with Crippen molar-refractivity contribution in [3.05, 3.63) is 54.6 Å². The van der Waals surface area contributed by atoms with Crippen LogP contribution in [0.2, 0.25) is 0 Å². The second-order valence-corrected chi connectivity index (χ2v) is 6.33. The number of pyridine rings is 2. The van der Waals surface area contributed by atoms with Crippen LogP contribution in [0.1, 0.15) is 18.5 Å². The van der Waals surface area contributed by atoms with Crippen molar-refractivity contribution in [3.63, 3.8) is 0 Å². The van der Waals surface area contributed by atoms with Gasteiger partial charge >= 0.3 is 0 Å². The molecule has 2 aromatic heterocycles. The van der Waals surface area contributed by atoms with Crippen LogP contribution in [0.5, 0.6) is 5.75 Å². The maximum Gasteiger partial charge on any atom is 0.241 e. The average Bonchev–Trinajstić information content (AvgIpc) is 3.10. The van der Waals surface area contributed by atoms with E-state index in [1.165, 1.54) is 6.92 Å². The molecule has 0 aromatic carbocycles. The zero-order valence-electron chi connectivity index (χ0n) is 14.7. The van der Waals surface area contributed by atoms with Crippen LogP contribution < -0.4 is 10.1 Å². The molecule has 2 amide bonds. The molecule has 1 aliphatic heterocycles. The molecule has 3 rings (SSSR count). The van der Waals surface area contributed by atoms with Crippen LogP contribution in [-0.2, 0) is 9.59 Å². The summed E-state index contributed by atoms with van der Waals surface area (Å²) >= 11 is 0. The number of ether oxygens (including phenoxy) is 1. The Morgan fingerprint density at radius 1 is 1.23 bits per heavy atom. The summed E-state index contributed by atoms with van der Waals surface area (Å²) in [4.78, 5) is 33.7. The number of carbonyl (C=O) groups excluding carboxylic acids is 2. The minimum atomic E-state index is -0.213. The van der Waals surface area contributed by atoms with Crippen LogP contribution in [0.15, 0.2) is 48.9 Å². The van der Waals surface area contributed by atoms with Gasteiger partial charge in [-0.2, -0.15) is 0 Å². The van der Waals surface area contributed by atoms with Crippen LogP contribution in [0.3, 0.4) is 0 Å². The van der Waals surface area contributed by atoms with Crippen molar-refractivity contribution in [2.45, 2.75) is 12.8 Å². The third kappa shape index (κ3) is 4.56. The lowest BCUT2D eigenvalue weighted by Gasteiger charge is -2.18. The normalized spacial score (nSPS) is 19.2. The smallest absolute Gasteiger partial charge is 0.241 e. The summed E-state index contributed by atoms with van der Waals surface area (Å²) in [5.74, 6) is 0.608. The third-order valence-corrected chi connectivity index (χ3v) is 4.45. The highest BCUT2D eigenvalue weighted by Crippen LogP contribution is 2.32. The van der Waals surface area contributed by atoms with E-state index >= 15 is 0 Å². The Labute approximate surface area is 152 Å². The number of aromatic nitrogens is 2. The van der Waals surface area contributed by atoms with Gasteiger partial charge in [0.05, 0.1) is 19.3 Å². The van der Waals surface area contributed by atoms with E-state index in [9.17, 15) is 9.59 Å². The van der Waals surface area contributed by atoms with E-state index in [0.29, 0.717) is 25.4 Å². The van der Waals surface area contributed by atoms with Gasteiger partial charge in [0.15, 0.2) is 0 Å². The fourth-order valence-corrected chi connectivity index (χ4v) is 3.12. The van der Waals surface area contributed by atoms with Gasteiger partial charge in [0.1, 0.15) is 5.75 Å². The van der Waals surface area contributed by atoms with Crippen LogP contribution in [0.4, 0.5) is 0 Å². The minimum absolute atomic E-state index is 0.0143. The van der Waals surface area contributed by atoms with Gasteiger partial charge in [0.25, 0.3) is 0 Å². The second kappa shape index (κ2) is 8.42. The molecule has 0 radical (unpaired) electrons. The molecule has 1 N–H and O–H groups in total. The number of likely N-dealkylation sites (tertiary alicyclic amines) is 1. The summed E-state index contributed by atoms with van der Waals surface area (Å²) in [7, 11) is 0. The highest BCUT2D eigenvalue weighted by Gasteiger charge is 2.37. The molecule has 3 heterocycles. The van der Waals surface area contributed by atoms with Crippen LogP contribution >= 0.6 is 0 Å². The van der Waals surface area contributed by atoms with Gasteiger partial charge in [-0.15, -0.1) is 0 Å². The topological polar surface area (TPSA) is 84.4 Å². The Balaban J connectivity index is 1.69. The molecular formula is C19H22N4O3. The lowest BCUT2D eigenvalue weighted by atomic mass is 9.93. The van der Waals surface area contributed by atoms with Crippen molar-refractivity contribution >= 4 is 11.8 Å². The molecule has 26 heavy (non-hydrogen) atoms. The Morgan fingerprint density at radius 3 is 2.81 bits per heavy atom. The molecule has 0 bridgehead atoms. The predicted octanol–water partition coefficient (Wildman–Crippen LogP) is 1.23. The SMILES string of the molecule is CC(=O)NCC(=O)N1CC(COc2cccnc2)C(c2ccccn2)C1. The number of hydrogen-bond donors (Lipinski definition) is 1. The largest absolute Gasteiger partial charge is 0.492 e. The molecule has 0 spiro atoms. The number of nitrogens with one attached hydrogen (secondary N) is 1. The number of hydrogen-bond acceptors (Lipinski definition) is 5. The van der Waals surface area contributed by atoms with Gasteiger partial charge < -0.3 is 15.0 Å². The van der Waals surface area contributed by atoms with Gasteiger partial charge in [0, 0.05) is 49.9 Å². The fourth-order valence-electron chi connectivity index (χ4n) is 3.12. The van der Waals surface area contributed by atoms with Crippen molar-refractivity contribution in [2.75, 3.05) is 26.2 Å². The lowest BCUT2D eigenvalue weighted by molar-refractivity contribution is -0.131. The highest BCUT2D eigenvalue weighted by molar-refractivity contribution is 5.84. The summed E-state index contributed by atoms with van der Waals surface area (Å²) in [6.45, 7) is 3.02. The van der Waals surface area contributed by atoms with E-state index in [1.807, 2.05) is 30.3 Å². The Hall–Kier alpha value is -2.96. The first-order chi connectivity index (χ1) is 12.6. The molecule has 1 aliphatic rings. The molecular weight excluding hydrogens is 332 g/mol. The molecule has 2 atom stereocenters. The molecule has 0 aliphatic carbocycles. The van der Waals surface area contributed by atoms with Crippen molar-refractivity contribution in [2.24, 2.45) is 5.92 Å². The van der Waals surface area contributed by atoms with Crippen molar-refractivity contribution in [3.8, 4) is 5.75 Å². The Kier molecular flexibility index (Phi) is 5.78. The van der Waals surface area contributed by atoms with Gasteiger partial charge in [-0.05, 0) is 24.3 Å². The van der Waals surface area contributed by atoms with E-state index in [2.05, 4.69) is 15.3 Å². The first kappa shape index (κ1) is 17.8. The van der Waals surface area contributed by atoms with E-state index in [-0.39, 0.29) is 30.2 Å². The summed E-state index contributed by atoms with van der Waals surface area (Å²) in [5, 5.41) is 2.56. The van der Waals surface area contributed by atoms with Crippen LogP contribution in [0.25, 0.3) is 0 Å². The number of carbonyl (C=O) groups is 2. The fraction of sp³-hybridized carbons (Fsp3) is 0.368. The molecule has 1 saturated heterocycles. The summed E-state index contributed by atoms with van der Waals surface area (Å²) in [6.07, 6.45) is 5.13.